The molecule has 1 amide bonds. The largest absolute Gasteiger partial charge is 0.397 e. The van der Waals surface area contributed by atoms with Crippen molar-refractivity contribution in [3.8, 4) is 11.4 Å². The minimum Gasteiger partial charge on any atom is -0.397 e. The van der Waals surface area contributed by atoms with E-state index in [1.165, 1.54) is 12.1 Å². The fraction of sp³-hybridized carbons (Fsp3) is 0.273. The highest BCUT2D eigenvalue weighted by Gasteiger charge is 2.21. The fourth-order valence-electron chi connectivity index (χ4n) is 3.65. The van der Waals surface area contributed by atoms with Crippen molar-refractivity contribution in [1.29, 1.82) is 0 Å². The highest BCUT2D eigenvalue weighted by molar-refractivity contribution is 6.07. The number of carbonyl (C=O) groups excluding carboxylic acids is 1. The van der Waals surface area contributed by atoms with E-state index in [0.29, 0.717) is 23.6 Å². The molecule has 1 aliphatic rings. The molecule has 5 N–H and O–H groups in total. The first-order chi connectivity index (χ1) is 14.9. The first kappa shape index (κ1) is 20.7. The van der Waals surface area contributed by atoms with E-state index in [1.54, 1.807) is 31.5 Å². The molecule has 4 rings (SSSR count). The van der Waals surface area contributed by atoms with Crippen LogP contribution in [0.1, 0.15) is 29.0 Å². The highest BCUT2D eigenvalue weighted by atomic mass is 19.1. The van der Waals surface area contributed by atoms with Gasteiger partial charge in [0.15, 0.2) is 5.69 Å². The SMILES string of the molecule is Cc1nc(-c2ccc(N)c(C(=O)Nc3cnccc3N3CCC[C@H](N)C3)n2)ccc1F. The van der Waals surface area contributed by atoms with Crippen LogP contribution in [0.25, 0.3) is 11.4 Å². The fourth-order valence-corrected chi connectivity index (χ4v) is 3.65. The standard InChI is InChI=1S/C22H24FN7O/c1-13-15(23)4-6-17(27-13)18-7-5-16(25)21(28-18)22(31)29-19-11-26-9-8-20(19)30-10-2-3-14(24)12-30/h4-9,11,14H,2-3,10,12,24-25H2,1H3,(H,29,31)/t14-/m0/s1. The van der Waals surface area contributed by atoms with E-state index in [1.807, 2.05) is 6.07 Å². The van der Waals surface area contributed by atoms with E-state index in [0.717, 1.165) is 25.1 Å². The lowest BCUT2D eigenvalue weighted by atomic mass is 10.1. The Bertz CT molecular complexity index is 1120. The molecular weight excluding hydrogens is 397 g/mol. The molecule has 0 radical (unpaired) electrons. The molecule has 0 saturated carbocycles. The van der Waals surface area contributed by atoms with Crippen LogP contribution >= 0.6 is 0 Å². The first-order valence-corrected chi connectivity index (χ1v) is 10.1. The highest BCUT2D eigenvalue weighted by Crippen LogP contribution is 2.28. The number of nitrogens with zero attached hydrogens (tertiary/aromatic N) is 4. The predicted molar refractivity (Wildman–Crippen MR) is 118 cm³/mol. The number of anilines is 3. The molecule has 0 aromatic carbocycles. The van der Waals surface area contributed by atoms with Crippen LogP contribution < -0.4 is 21.7 Å². The van der Waals surface area contributed by atoms with Crippen LogP contribution in [0.2, 0.25) is 0 Å². The van der Waals surface area contributed by atoms with Gasteiger partial charge in [0.2, 0.25) is 0 Å². The number of aryl methyl sites for hydroxylation is 1. The molecule has 0 aliphatic carbocycles. The third-order valence-electron chi connectivity index (χ3n) is 5.27. The van der Waals surface area contributed by atoms with Gasteiger partial charge in [-0.1, -0.05) is 0 Å². The van der Waals surface area contributed by atoms with E-state index in [2.05, 4.69) is 25.2 Å². The average Bonchev–Trinajstić information content (AvgIpc) is 2.76. The van der Waals surface area contributed by atoms with Crippen LogP contribution in [-0.4, -0.2) is 40.0 Å². The normalized spacial score (nSPS) is 16.2. The van der Waals surface area contributed by atoms with Gasteiger partial charge in [-0.25, -0.2) is 14.4 Å². The number of hydrogen-bond donors (Lipinski definition) is 3. The lowest BCUT2D eigenvalue weighted by Gasteiger charge is -2.33. The van der Waals surface area contributed by atoms with Gasteiger partial charge in [-0.05, 0) is 50.1 Å². The van der Waals surface area contributed by atoms with Crippen molar-refractivity contribution in [1.82, 2.24) is 15.0 Å². The Balaban J connectivity index is 1.62. The van der Waals surface area contributed by atoms with Gasteiger partial charge in [0.05, 0.1) is 40.3 Å². The number of carbonyl (C=O) groups is 1. The van der Waals surface area contributed by atoms with Crippen molar-refractivity contribution in [2.24, 2.45) is 5.73 Å². The molecule has 31 heavy (non-hydrogen) atoms. The number of nitrogen functional groups attached to an aromatic ring is 1. The van der Waals surface area contributed by atoms with Crippen molar-refractivity contribution in [2.45, 2.75) is 25.8 Å². The third kappa shape index (κ3) is 4.46. The maximum atomic E-state index is 13.6. The van der Waals surface area contributed by atoms with Crippen molar-refractivity contribution in [3.05, 3.63) is 59.9 Å². The summed E-state index contributed by atoms with van der Waals surface area (Å²) in [4.78, 5) is 27.9. The number of rotatable bonds is 4. The molecule has 1 aliphatic heterocycles. The predicted octanol–water partition coefficient (Wildman–Crippen LogP) is 2.75. The van der Waals surface area contributed by atoms with Crippen LogP contribution in [0.5, 0.6) is 0 Å². The van der Waals surface area contributed by atoms with Gasteiger partial charge in [-0.3, -0.25) is 9.78 Å². The molecule has 3 aromatic rings. The zero-order valence-electron chi connectivity index (χ0n) is 17.2. The van der Waals surface area contributed by atoms with Gasteiger partial charge < -0.3 is 21.7 Å². The summed E-state index contributed by atoms with van der Waals surface area (Å²) in [6, 6.07) is 8.02. The molecule has 0 spiro atoms. The summed E-state index contributed by atoms with van der Waals surface area (Å²) in [6.45, 7) is 3.13. The second-order valence-electron chi connectivity index (χ2n) is 7.59. The number of hydrogen-bond acceptors (Lipinski definition) is 7. The molecule has 0 unspecified atom stereocenters. The second-order valence-corrected chi connectivity index (χ2v) is 7.59. The average molecular weight is 421 g/mol. The minimum absolute atomic E-state index is 0.0615. The molecule has 160 valence electrons. The lowest BCUT2D eigenvalue weighted by Crippen LogP contribution is -2.43. The van der Waals surface area contributed by atoms with Gasteiger partial charge in [0.25, 0.3) is 5.91 Å². The maximum absolute atomic E-state index is 13.6. The van der Waals surface area contributed by atoms with Crippen LogP contribution in [0.4, 0.5) is 21.5 Å². The number of halogens is 1. The van der Waals surface area contributed by atoms with Crippen LogP contribution in [-0.2, 0) is 0 Å². The van der Waals surface area contributed by atoms with E-state index in [4.69, 9.17) is 11.5 Å². The van der Waals surface area contributed by atoms with Gasteiger partial charge >= 0.3 is 0 Å². The molecule has 1 atom stereocenters. The summed E-state index contributed by atoms with van der Waals surface area (Å²) >= 11 is 0. The molecule has 4 heterocycles. The number of amides is 1. The molecular formula is C22H24FN7O. The molecule has 3 aromatic heterocycles. The lowest BCUT2D eigenvalue weighted by molar-refractivity contribution is 0.102. The third-order valence-corrected chi connectivity index (χ3v) is 5.27. The zero-order valence-corrected chi connectivity index (χ0v) is 17.2. The quantitative estimate of drug-likeness (QED) is 0.592. The molecule has 1 saturated heterocycles. The number of aromatic nitrogens is 3. The molecule has 8 nitrogen and oxygen atoms in total. The van der Waals surface area contributed by atoms with Gasteiger partial charge in [0, 0.05) is 25.3 Å². The topological polar surface area (TPSA) is 123 Å². The van der Waals surface area contributed by atoms with E-state index in [-0.39, 0.29) is 23.1 Å². The van der Waals surface area contributed by atoms with E-state index >= 15 is 0 Å². The van der Waals surface area contributed by atoms with Crippen molar-refractivity contribution < 1.29 is 9.18 Å². The zero-order chi connectivity index (χ0) is 22.0. The van der Waals surface area contributed by atoms with Crippen molar-refractivity contribution >= 4 is 23.0 Å². The summed E-state index contributed by atoms with van der Waals surface area (Å²) in [5, 5.41) is 2.87. The first-order valence-electron chi connectivity index (χ1n) is 10.1. The minimum atomic E-state index is -0.464. The molecule has 9 heteroatoms. The number of pyridine rings is 3. The van der Waals surface area contributed by atoms with Crippen molar-refractivity contribution in [3.63, 3.8) is 0 Å². The Morgan fingerprint density at radius 2 is 1.97 bits per heavy atom. The van der Waals surface area contributed by atoms with Crippen LogP contribution in [0.15, 0.2) is 42.7 Å². The summed E-state index contributed by atoms with van der Waals surface area (Å²) in [5.74, 6) is -0.868. The number of nitrogens with one attached hydrogen (secondary N) is 1. The Morgan fingerprint density at radius 1 is 1.19 bits per heavy atom. The Morgan fingerprint density at radius 3 is 2.74 bits per heavy atom. The van der Waals surface area contributed by atoms with Gasteiger partial charge in [0.1, 0.15) is 5.82 Å². The van der Waals surface area contributed by atoms with E-state index < -0.39 is 11.7 Å². The summed E-state index contributed by atoms with van der Waals surface area (Å²) in [7, 11) is 0. The Kier molecular flexibility index (Phi) is 5.77. The van der Waals surface area contributed by atoms with Crippen LogP contribution in [0.3, 0.4) is 0 Å². The van der Waals surface area contributed by atoms with E-state index in [9.17, 15) is 9.18 Å². The summed E-state index contributed by atoms with van der Waals surface area (Å²) in [5.41, 5.74) is 15.0. The Hall–Kier alpha value is -3.59. The smallest absolute Gasteiger partial charge is 0.276 e. The molecule has 1 fully saturated rings. The monoisotopic (exact) mass is 421 g/mol. The maximum Gasteiger partial charge on any atom is 0.276 e. The van der Waals surface area contributed by atoms with Crippen LogP contribution in [0, 0.1) is 12.7 Å². The summed E-state index contributed by atoms with van der Waals surface area (Å²) in [6.07, 6.45) is 5.24. The number of nitrogens with two attached hydrogens (primary N) is 2. The molecule has 0 bridgehead atoms. The van der Waals surface area contributed by atoms with Gasteiger partial charge in [-0.15, -0.1) is 0 Å². The van der Waals surface area contributed by atoms with Crippen molar-refractivity contribution in [2.75, 3.05) is 29.0 Å². The number of piperidine rings is 1. The summed E-state index contributed by atoms with van der Waals surface area (Å²) < 4.78 is 13.6. The van der Waals surface area contributed by atoms with Gasteiger partial charge in [-0.2, -0.15) is 0 Å². The second kappa shape index (κ2) is 8.65. The Labute approximate surface area is 179 Å².